The van der Waals surface area contributed by atoms with Crippen LogP contribution in [0.25, 0.3) is 11.0 Å². The number of fused-ring (bicyclic) bond motifs is 1. The lowest BCUT2D eigenvalue weighted by atomic mass is 10.1. The lowest BCUT2D eigenvalue weighted by Gasteiger charge is -2.03. The number of hydrogen-bond donors (Lipinski definition) is 0. The maximum Gasteiger partial charge on any atom is 0.379 e. The Bertz CT molecular complexity index is 907. The van der Waals surface area contributed by atoms with Crippen molar-refractivity contribution in [3.63, 3.8) is 0 Å². The van der Waals surface area contributed by atoms with Crippen molar-refractivity contribution in [2.75, 3.05) is 0 Å². The number of Topliss-reactive ketones (excluding diaryl/α,β-unsaturated/α-hetero) is 1. The quantitative estimate of drug-likeness (QED) is 0.393. The summed E-state index contributed by atoms with van der Waals surface area (Å²) in [6.45, 7) is 3.25. The van der Waals surface area contributed by atoms with E-state index in [0.717, 1.165) is 5.39 Å². The van der Waals surface area contributed by atoms with Crippen LogP contribution in [0.15, 0.2) is 46.9 Å². The fourth-order valence-corrected chi connectivity index (χ4v) is 2.53. The van der Waals surface area contributed by atoms with E-state index in [9.17, 15) is 9.59 Å². The van der Waals surface area contributed by atoms with E-state index in [1.54, 1.807) is 43.3 Å². The number of ether oxygens (including phenoxy) is 1. The minimum atomic E-state index is -0.606. The Balaban J connectivity index is 1.90. The van der Waals surface area contributed by atoms with E-state index in [2.05, 4.69) is 0 Å². The first-order chi connectivity index (χ1) is 11.0. The molecule has 0 bridgehead atoms. The third-order valence-electron chi connectivity index (χ3n) is 3.57. The number of hydrogen-bond acceptors (Lipinski definition) is 4. The van der Waals surface area contributed by atoms with Crippen LogP contribution in [0.1, 0.15) is 33.4 Å². The summed E-state index contributed by atoms with van der Waals surface area (Å²) in [4.78, 5) is 23.5. The van der Waals surface area contributed by atoms with Crippen molar-refractivity contribution in [1.29, 1.82) is 0 Å². The zero-order chi connectivity index (χ0) is 16.6. The standard InChI is InChI=1S/C18H13ClO4/c1-10-14-4-3-5-15(19)17(14)23-16(10)18(21)22-13-8-6-12(7-9-13)11(2)20/h3-9H,1-2H3. The van der Waals surface area contributed by atoms with Gasteiger partial charge in [-0.2, -0.15) is 0 Å². The summed E-state index contributed by atoms with van der Waals surface area (Å²) in [5.74, 6) is -0.203. The molecule has 0 saturated carbocycles. The van der Waals surface area contributed by atoms with Gasteiger partial charge in [0.25, 0.3) is 0 Å². The van der Waals surface area contributed by atoms with Gasteiger partial charge in [-0.15, -0.1) is 0 Å². The second kappa shape index (κ2) is 5.89. The topological polar surface area (TPSA) is 56.5 Å². The van der Waals surface area contributed by atoms with Gasteiger partial charge in [0.2, 0.25) is 5.76 Å². The number of benzene rings is 2. The molecule has 5 heteroatoms. The van der Waals surface area contributed by atoms with Crippen LogP contribution >= 0.6 is 11.6 Å². The third-order valence-corrected chi connectivity index (χ3v) is 3.87. The summed E-state index contributed by atoms with van der Waals surface area (Å²) in [5, 5.41) is 1.21. The molecule has 0 atom stereocenters. The second-order valence-corrected chi connectivity index (χ2v) is 5.55. The number of rotatable bonds is 3. The summed E-state index contributed by atoms with van der Waals surface area (Å²) < 4.78 is 10.9. The SMILES string of the molecule is CC(=O)c1ccc(OC(=O)c2oc3c(Cl)cccc3c2C)cc1. The zero-order valence-electron chi connectivity index (χ0n) is 12.6. The Morgan fingerprint density at radius 3 is 2.39 bits per heavy atom. The molecule has 0 amide bonds. The molecular formula is C18H13ClO4. The molecule has 0 saturated heterocycles. The van der Waals surface area contributed by atoms with Crippen LogP contribution in [0.2, 0.25) is 5.02 Å². The van der Waals surface area contributed by atoms with Crippen LogP contribution < -0.4 is 4.74 Å². The number of esters is 1. The molecule has 116 valence electrons. The largest absolute Gasteiger partial charge is 0.447 e. The number of carbonyl (C=O) groups excluding carboxylic acids is 2. The van der Waals surface area contributed by atoms with Crippen LogP contribution in [-0.2, 0) is 0 Å². The van der Waals surface area contributed by atoms with Gasteiger partial charge in [-0.3, -0.25) is 4.79 Å². The van der Waals surface area contributed by atoms with Crippen molar-refractivity contribution in [3.05, 3.63) is 64.4 Å². The van der Waals surface area contributed by atoms with Crippen molar-refractivity contribution < 1.29 is 18.7 Å². The van der Waals surface area contributed by atoms with E-state index in [1.165, 1.54) is 6.92 Å². The molecule has 1 heterocycles. The number of ketones is 1. The molecular weight excluding hydrogens is 316 g/mol. The molecule has 2 aromatic carbocycles. The Morgan fingerprint density at radius 2 is 1.78 bits per heavy atom. The number of carbonyl (C=O) groups is 2. The van der Waals surface area contributed by atoms with Gasteiger partial charge in [-0.1, -0.05) is 23.7 Å². The van der Waals surface area contributed by atoms with Crippen molar-refractivity contribution in [2.45, 2.75) is 13.8 Å². The molecule has 3 aromatic rings. The van der Waals surface area contributed by atoms with Gasteiger partial charge in [0.1, 0.15) is 5.75 Å². The number of furan rings is 1. The van der Waals surface area contributed by atoms with Crippen LogP contribution in [0, 0.1) is 6.92 Å². The van der Waals surface area contributed by atoms with Crippen molar-refractivity contribution in [2.24, 2.45) is 0 Å². The third kappa shape index (κ3) is 2.85. The number of halogens is 1. The first-order valence-corrected chi connectivity index (χ1v) is 7.36. The Morgan fingerprint density at radius 1 is 1.09 bits per heavy atom. The van der Waals surface area contributed by atoms with Gasteiger partial charge >= 0.3 is 5.97 Å². The number of aryl methyl sites for hydroxylation is 1. The van der Waals surface area contributed by atoms with Crippen LogP contribution in [-0.4, -0.2) is 11.8 Å². The molecule has 0 unspecified atom stereocenters. The molecule has 0 aliphatic rings. The van der Waals surface area contributed by atoms with Crippen LogP contribution in [0.4, 0.5) is 0 Å². The van der Waals surface area contributed by atoms with E-state index in [-0.39, 0.29) is 11.5 Å². The van der Waals surface area contributed by atoms with Gasteiger partial charge in [0, 0.05) is 16.5 Å². The summed E-state index contributed by atoms with van der Waals surface area (Å²) in [6.07, 6.45) is 0. The van der Waals surface area contributed by atoms with Crippen LogP contribution in [0.3, 0.4) is 0 Å². The van der Waals surface area contributed by atoms with Gasteiger partial charge in [0.15, 0.2) is 11.4 Å². The molecule has 3 rings (SSSR count). The van der Waals surface area contributed by atoms with E-state index >= 15 is 0 Å². The maximum absolute atomic E-state index is 12.3. The first kappa shape index (κ1) is 15.3. The number of para-hydroxylation sites is 1. The highest BCUT2D eigenvalue weighted by molar-refractivity contribution is 6.35. The van der Waals surface area contributed by atoms with Gasteiger partial charge in [-0.05, 0) is 44.2 Å². The van der Waals surface area contributed by atoms with Gasteiger partial charge in [-0.25, -0.2) is 4.79 Å². The molecule has 1 aromatic heterocycles. The van der Waals surface area contributed by atoms with E-state index in [4.69, 9.17) is 20.8 Å². The Labute approximate surface area is 137 Å². The molecule has 0 fully saturated rings. The summed E-state index contributed by atoms with van der Waals surface area (Å²) in [7, 11) is 0. The summed E-state index contributed by atoms with van der Waals surface area (Å²) in [5.41, 5.74) is 1.69. The first-order valence-electron chi connectivity index (χ1n) is 6.98. The maximum atomic E-state index is 12.3. The van der Waals surface area contributed by atoms with Crippen molar-refractivity contribution in [1.82, 2.24) is 0 Å². The minimum Gasteiger partial charge on any atom is -0.447 e. The van der Waals surface area contributed by atoms with Gasteiger partial charge < -0.3 is 9.15 Å². The van der Waals surface area contributed by atoms with E-state index in [1.807, 2.05) is 6.07 Å². The van der Waals surface area contributed by atoms with Crippen molar-refractivity contribution >= 4 is 34.3 Å². The molecule has 0 aliphatic heterocycles. The second-order valence-electron chi connectivity index (χ2n) is 5.14. The smallest absolute Gasteiger partial charge is 0.379 e. The predicted octanol–water partition coefficient (Wildman–Crippen LogP) is 4.82. The molecule has 0 radical (unpaired) electrons. The fourth-order valence-electron chi connectivity index (χ4n) is 2.31. The highest BCUT2D eigenvalue weighted by Crippen LogP contribution is 2.31. The fraction of sp³-hybridized carbons (Fsp3) is 0.111. The Kier molecular flexibility index (Phi) is 3.92. The molecule has 0 N–H and O–H groups in total. The highest BCUT2D eigenvalue weighted by atomic mass is 35.5. The monoisotopic (exact) mass is 328 g/mol. The molecule has 0 spiro atoms. The Hall–Kier alpha value is -2.59. The lowest BCUT2D eigenvalue weighted by molar-refractivity contribution is 0.0703. The summed E-state index contributed by atoms with van der Waals surface area (Å²) >= 11 is 6.08. The van der Waals surface area contributed by atoms with E-state index < -0.39 is 5.97 Å². The molecule has 4 nitrogen and oxygen atoms in total. The average Bonchev–Trinajstić information content (AvgIpc) is 2.87. The van der Waals surface area contributed by atoms with Crippen LogP contribution in [0.5, 0.6) is 5.75 Å². The minimum absolute atomic E-state index is 0.0503. The average molecular weight is 329 g/mol. The normalized spacial score (nSPS) is 10.7. The molecule has 23 heavy (non-hydrogen) atoms. The van der Waals surface area contributed by atoms with Gasteiger partial charge in [0.05, 0.1) is 5.02 Å². The lowest BCUT2D eigenvalue weighted by Crippen LogP contribution is -2.08. The zero-order valence-corrected chi connectivity index (χ0v) is 13.3. The summed E-state index contributed by atoms with van der Waals surface area (Å²) in [6, 6.07) is 11.7. The van der Waals surface area contributed by atoms with E-state index in [0.29, 0.717) is 27.5 Å². The van der Waals surface area contributed by atoms with Crippen molar-refractivity contribution in [3.8, 4) is 5.75 Å². The molecule has 0 aliphatic carbocycles. The highest BCUT2D eigenvalue weighted by Gasteiger charge is 2.20. The predicted molar refractivity (Wildman–Crippen MR) is 87.4 cm³/mol.